The summed E-state index contributed by atoms with van der Waals surface area (Å²) in [7, 11) is 0. The highest BCUT2D eigenvalue weighted by Crippen LogP contribution is 2.23. The molecule has 2 nitrogen and oxygen atoms in total. The van der Waals surface area contributed by atoms with Gasteiger partial charge in [0.25, 0.3) is 0 Å². The average Bonchev–Trinajstić information content (AvgIpc) is 2.61. The maximum atomic E-state index is 11.4. The fourth-order valence-corrected chi connectivity index (χ4v) is 2.86. The lowest BCUT2D eigenvalue weighted by Crippen LogP contribution is -2.24. The second kappa shape index (κ2) is 7.25. The molecule has 5 heteroatoms. The van der Waals surface area contributed by atoms with Crippen LogP contribution in [-0.2, 0) is 11.2 Å². The van der Waals surface area contributed by atoms with Crippen molar-refractivity contribution in [1.29, 1.82) is 0 Å². The van der Waals surface area contributed by atoms with Gasteiger partial charge in [-0.2, -0.15) is 0 Å². The number of nitrogens with one attached hydrogen (secondary N) is 1. The Morgan fingerprint density at radius 2 is 2.25 bits per heavy atom. The molecule has 0 spiro atoms. The number of hydrogen-bond acceptors (Lipinski definition) is 2. The first kappa shape index (κ1) is 13.9. The Bertz CT molecular complexity index is 376. The standard InChI is InChI=1S/C11H13Br2NOS/c1-8(12)7-14-11(15)4-2-3-9-5-6-10(13)16-9/h5-6H,1-4,7H2,(H,14,15). The number of carbonyl (C=O) groups excluding carboxylic acids is 1. The third-order valence-corrected chi connectivity index (χ3v) is 3.90. The Morgan fingerprint density at radius 1 is 1.50 bits per heavy atom. The van der Waals surface area contributed by atoms with Gasteiger partial charge in [0.2, 0.25) is 5.91 Å². The normalized spacial score (nSPS) is 10.1. The zero-order valence-corrected chi connectivity index (χ0v) is 12.8. The van der Waals surface area contributed by atoms with Crippen molar-refractivity contribution in [1.82, 2.24) is 5.32 Å². The van der Waals surface area contributed by atoms with Gasteiger partial charge in [-0.05, 0) is 40.9 Å². The predicted octanol–water partition coefficient (Wildman–Crippen LogP) is 3.86. The molecule has 0 saturated heterocycles. The quantitative estimate of drug-likeness (QED) is 0.813. The maximum Gasteiger partial charge on any atom is 0.220 e. The summed E-state index contributed by atoms with van der Waals surface area (Å²) in [6.45, 7) is 4.16. The zero-order chi connectivity index (χ0) is 12.0. The molecule has 1 aromatic heterocycles. The summed E-state index contributed by atoms with van der Waals surface area (Å²) < 4.78 is 1.94. The van der Waals surface area contributed by atoms with Crippen molar-refractivity contribution in [3.63, 3.8) is 0 Å². The van der Waals surface area contributed by atoms with E-state index in [0.717, 1.165) is 21.1 Å². The molecular weight excluding hydrogens is 354 g/mol. The van der Waals surface area contributed by atoms with Crippen LogP contribution in [0.4, 0.5) is 0 Å². The number of halogens is 2. The van der Waals surface area contributed by atoms with Gasteiger partial charge in [0.05, 0.1) is 3.79 Å². The van der Waals surface area contributed by atoms with Crippen LogP contribution in [0.25, 0.3) is 0 Å². The first-order valence-corrected chi connectivity index (χ1v) is 7.32. The van der Waals surface area contributed by atoms with E-state index in [9.17, 15) is 4.79 Å². The zero-order valence-electron chi connectivity index (χ0n) is 8.76. The second-order valence-electron chi connectivity index (χ2n) is 3.35. The van der Waals surface area contributed by atoms with Crippen LogP contribution in [0, 0.1) is 0 Å². The summed E-state index contributed by atoms with van der Waals surface area (Å²) in [5.41, 5.74) is 0. The van der Waals surface area contributed by atoms with E-state index in [0.29, 0.717) is 13.0 Å². The van der Waals surface area contributed by atoms with Gasteiger partial charge in [0, 0.05) is 22.3 Å². The third-order valence-electron chi connectivity index (χ3n) is 1.93. The minimum atomic E-state index is 0.0798. The molecule has 1 amide bonds. The monoisotopic (exact) mass is 365 g/mol. The van der Waals surface area contributed by atoms with Crippen LogP contribution in [0.3, 0.4) is 0 Å². The van der Waals surface area contributed by atoms with Gasteiger partial charge in [-0.3, -0.25) is 4.79 Å². The molecule has 1 heterocycles. The molecule has 0 aliphatic rings. The average molecular weight is 367 g/mol. The van der Waals surface area contributed by atoms with Crippen molar-refractivity contribution in [3.8, 4) is 0 Å². The first-order valence-electron chi connectivity index (χ1n) is 4.92. The third kappa shape index (κ3) is 5.82. The van der Waals surface area contributed by atoms with E-state index in [1.807, 2.05) is 6.07 Å². The van der Waals surface area contributed by atoms with E-state index in [4.69, 9.17) is 0 Å². The molecule has 16 heavy (non-hydrogen) atoms. The van der Waals surface area contributed by atoms with E-state index in [-0.39, 0.29) is 5.91 Å². The van der Waals surface area contributed by atoms with E-state index in [1.165, 1.54) is 4.88 Å². The number of hydrogen-bond donors (Lipinski definition) is 1. The number of aryl methyl sites for hydroxylation is 1. The van der Waals surface area contributed by atoms with Gasteiger partial charge in [-0.15, -0.1) is 11.3 Å². The van der Waals surface area contributed by atoms with Crippen LogP contribution in [0.15, 0.2) is 27.0 Å². The molecule has 0 aliphatic heterocycles. The van der Waals surface area contributed by atoms with Gasteiger partial charge in [0.1, 0.15) is 0 Å². The van der Waals surface area contributed by atoms with Crippen LogP contribution in [0.5, 0.6) is 0 Å². The lowest BCUT2D eigenvalue weighted by Gasteiger charge is -2.02. The Kier molecular flexibility index (Phi) is 6.31. The Balaban J connectivity index is 2.15. The van der Waals surface area contributed by atoms with E-state index < -0.39 is 0 Å². The van der Waals surface area contributed by atoms with Crippen LogP contribution in [0.2, 0.25) is 0 Å². The number of amides is 1. The summed E-state index contributed by atoms with van der Waals surface area (Å²) in [6.07, 6.45) is 2.41. The molecule has 1 aromatic rings. The van der Waals surface area contributed by atoms with Gasteiger partial charge in [-0.25, -0.2) is 0 Å². The number of thiophene rings is 1. The minimum absolute atomic E-state index is 0.0798. The van der Waals surface area contributed by atoms with Crippen molar-refractivity contribution in [2.45, 2.75) is 19.3 Å². The smallest absolute Gasteiger partial charge is 0.220 e. The van der Waals surface area contributed by atoms with Crippen molar-refractivity contribution in [2.75, 3.05) is 6.54 Å². The van der Waals surface area contributed by atoms with Crippen LogP contribution < -0.4 is 5.32 Å². The predicted molar refractivity (Wildman–Crippen MR) is 76.0 cm³/mol. The molecule has 0 atom stereocenters. The fourth-order valence-electron chi connectivity index (χ4n) is 1.19. The van der Waals surface area contributed by atoms with Crippen LogP contribution >= 0.6 is 43.2 Å². The Morgan fingerprint density at radius 3 is 2.81 bits per heavy atom. The molecule has 0 aliphatic carbocycles. The Hall–Kier alpha value is -0.130. The van der Waals surface area contributed by atoms with Crippen molar-refractivity contribution < 1.29 is 4.79 Å². The van der Waals surface area contributed by atoms with E-state index in [1.54, 1.807) is 11.3 Å². The van der Waals surface area contributed by atoms with E-state index in [2.05, 4.69) is 49.8 Å². The van der Waals surface area contributed by atoms with Crippen molar-refractivity contribution in [3.05, 3.63) is 31.9 Å². The van der Waals surface area contributed by atoms with E-state index >= 15 is 0 Å². The largest absolute Gasteiger partial charge is 0.352 e. The Labute approximate surface area is 116 Å². The molecule has 88 valence electrons. The number of rotatable bonds is 6. The molecule has 0 fully saturated rings. The molecular formula is C11H13Br2NOS. The molecule has 0 unspecified atom stereocenters. The number of carbonyl (C=O) groups is 1. The summed E-state index contributed by atoms with van der Waals surface area (Å²) in [6, 6.07) is 4.13. The molecule has 0 radical (unpaired) electrons. The molecule has 0 bridgehead atoms. The van der Waals surface area contributed by atoms with Gasteiger partial charge in [0.15, 0.2) is 0 Å². The lowest BCUT2D eigenvalue weighted by molar-refractivity contribution is -0.120. The van der Waals surface area contributed by atoms with Gasteiger partial charge in [-0.1, -0.05) is 22.5 Å². The highest BCUT2D eigenvalue weighted by Gasteiger charge is 2.02. The minimum Gasteiger partial charge on any atom is -0.352 e. The molecule has 0 aromatic carbocycles. The second-order valence-corrected chi connectivity index (χ2v) is 7.02. The van der Waals surface area contributed by atoms with Gasteiger partial charge < -0.3 is 5.32 Å². The highest BCUT2D eigenvalue weighted by atomic mass is 79.9. The van der Waals surface area contributed by atoms with Crippen molar-refractivity contribution >= 4 is 49.1 Å². The molecule has 1 N–H and O–H groups in total. The highest BCUT2D eigenvalue weighted by molar-refractivity contribution is 9.11. The summed E-state index contributed by atoms with van der Waals surface area (Å²) >= 11 is 8.34. The lowest BCUT2D eigenvalue weighted by atomic mass is 10.2. The maximum absolute atomic E-state index is 11.4. The topological polar surface area (TPSA) is 29.1 Å². The summed E-state index contributed by atoms with van der Waals surface area (Å²) in [4.78, 5) is 12.7. The fraction of sp³-hybridized carbons (Fsp3) is 0.364. The van der Waals surface area contributed by atoms with Gasteiger partial charge >= 0.3 is 0 Å². The first-order chi connectivity index (χ1) is 7.58. The molecule has 1 rings (SSSR count). The molecule has 0 saturated carbocycles. The summed E-state index contributed by atoms with van der Waals surface area (Å²) in [5.74, 6) is 0.0798. The van der Waals surface area contributed by atoms with Crippen LogP contribution in [-0.4, -0.2) is 12.5 Å². The van der Waals surface area contributed by atoms with Crippen molar-refractivity contribution in [2.24, 2.45) is 0 Å². The van der Waals surface area contributed by atoms with Crippen LogP contribution in [0.1, 0.15) is 17.7 Å². The SMILES string of the molecule is C=C(Br)CNC(=O)CCCc1ccc(Br)s1. The summed E-state index contributed by atoms with van der Waals surface area (Å²) in [5, 5.41) is 2.78.